The monoisotopic (exact) mass is 266 g/mol. The standard InChI is InChI=1S/C12H15ClN4O/c1-17(2)10-6-4-3-5-9(10)14-12-16-15-11(18-12)7-8-13/h3-6H,7-8H2,1-2H3,(H,14,16). The summed E-state index contributed by atoms with van der Waals surface area (Å²) in [5, 5.41) is 10.9. The van der Waals surface area contributed by atoms with Crippen LogP contribution in [0.2, 0.25) is 0 Å². The van der Waals surface area contributed by atoms with Gasteiger partial charge in [-0.15, -0.1) is 16.7 Å². The Hall–Kier alpha value is -1.75. The van der Waals surface area contributed by atoms with Crippen molar-refractivity contribution in [2.24, 2.45) is 0 Å². The number of aromatic nitrogens is 2. The third-order valence-electron chi connectivity index (χ3n) is 2.40. The molecule has 6 heteroatoms. The number of para-hydroxylation sites is 2. The number of hydrogen-bond donors (Lipinski definition) is 1. The van der Waals surface area contributed by atoms with E-state index < -0.39 is 0 Å². The lowest BCUT2D eigenvalue weighted by atomic mass is 10.2. The molecule has 0 aliphatic carbocycles. The topological polar surface area (TPSA) is 54.2 Å². The van der Waals surface area contributed by atoms with E-state index in [-0.39, 0.29) is 0 Å². The van der Waals surface area contributed by atoms with Crippen LogP contribution < -0.4 is 10.2 Å². The number of nitrogens with zero attached hydrogens (tertiary/aromatic N) is 3. The first-order chi connectivity index (χ1) is 8.70. The van der Waals surface area contributed by atoms with Crippen LogP contribution in [0.3, 0.4) is 0 Å². The zero-order valence-electron chi connectivity index (χ0n) is 10.4. The fourth-order valence-corrected chi connectivity index (χ4v) is 1.73. The lowest BCUT2D eigenvalue weighted by Gasteiger charge is -2.16. The van der Waals surface area contributed by atoms with Gasteiger partial charge in [0.2, 0.25) is 5.89 Å². The fraction of sp³-hybridized carbons (Fsp3) is 0.333. The van der Waals surface area contributed by atoms with Gasteiger partial charge in [-0.05, 0) is 12.1 Å². The Labute approximate surface area is 111 Å². The molecule has 0 saturated heterocycles. The molecule has 0 amide bonds. The SMILES string of the molecule is CN(C)c1ccccc1Nc1nnc(CCCl)o1. The number of rotatable bonds is 5. The maximum atomic E-state index is 5.62. The van der Waals surface area contributed by atoms with E-state index in [4.69, 9.17) is 16.0 Å². The van der Waals surface area contributed by atoms with E-state index in [9.17, 15) is 0 Å². The molecular formula is C12H15ClN4O. The number of hydrogen-bond acceptors (Lipinski definition) is 5. The highest BCUT2D eigenvalue weighted by Crippen LogP contribution is 2.26. The Morgan fingerprint density at radius 2 is 2.06 bits per heavy atom. The second kappa shape index (κ2) is 5.73. The molecule has 1 aromatic carbocycles. The predicted molar refractivity (Wildman–Crippen MR) is 72.8 cm³/mol. The van der Waals surface area contributed by atoms with Crippen molar-refractivity contribution in [1.82, 2.24) is 10.2 Å². The fourth-order valence-electron chi connectivity index (χ4n) is 1.57. The van der Waals surface area contributed by atoms with Crippen LogP contribution in [0.25, 0.3) is 0 Å². The molecule has 1 N–H and O–H groups in total. The summed E-state index contributed by atoms with van der Waals surface area (Å²) in [5.74, 6) is 1.01. The highest BCUT2D eigenvalue weighted by atomic mass is 35.5. The Balaban J connectivity index is 2.17. The Bertz CT molecular complexity index is 512. The molecule has 0 saturated carbocycles. The highest BCUT2D eigenvalue weighted by molar-refractivity contribution is 6.17. The first kappa shape index (κ1) is 12.7. The van der Waals surface area contributed by atoms with E-state index in [1.54, 1.807) is 0 Å². The number of anilines is 3. The quantitative estimate of drug-likeness (QED) is 0.843. The first-order valence-corrected chi connectivity index (χ1v) is 6.16. The molecule has 0 bridgehead atoms. The molecule has 0 unspecified atom stereocenters. The molecule has 2 aromatic rings. The predicted octanol–water partition coefficient (Wildman–Crippen LogP) is 2.66. The minimum atomic E-state index is 0.379. The van der Waals surface area contributed by atoms with Gasteiger partial charge in [0.25, 0.3) is 0 Å². The number of halogens is 1. The van der Waals surface area contributed by atoms with E-state index in [0.29, 0.717) is 24.2 Å². The van der Waals surface area contributed by atoms with Crippen LogP contribution in [0.1, 0.15) is 5.89 Å². The summed E-state index contributed by atoms with van der Waals surface area (Å²) in [4.78, 5) is 2.01. The maximum Gasteiger partial charge on any atom is 0.320 e. The molecule has 1 aromatic heterocycles. The number of aryl methyl sites for hydroxylation is 1. The van der Waals surface area contributed by atoms with Crippen molar-refractivity contribution in [3.63, 3.8) is 0 Å². The van der Waals surface area contributed by atoms with E-state index >= 15 is 0 Å². The van der Waals surface area contributed by atoms with Gasteiger partial charge in [0.15, 0.2) is 0 Å². The zero-order chi connectivity index (χ0) is 13.0. The summed E-state index contributed by atoms with van der Waals surface area (Å²) in [6.07, 6.45) is 0.575. The smallest absolute Gasteiger partial charge is 0.320 e. The van der Waals surface area contributed by atoms with Gasteiger partial charge in [0.1, 0.15) is 0 Å². The minimum Gasteiger partial charge on any atom is -0.408 e. The molecule has 96 valence electrons. The third kappa shape index (κ3) is 2.92. The normalized spacial score (nSPS) is 10.4. The van der Waals surface area contributed by atoms with Crippen molar-refractivity contribution in [2.45, 2.75) is 6.42 Å². The summed E-state index contributed by atoms with van der Waals surface area (Å²) in [7, 11) is 3.96. The van der Waals surface area contributed by atoms with Gasteiger partial charge in [-0.3, -0.25) is 0 Å². The Kier molecular flexibility index (Phi) is 4.04. The highest BCUT2D eigenvalue weighted by Gasteiger charge is 2.09. The van der Waals surface area contributed by atoms with Crippen LogP contribution >= 0.6 is 11.6 Å². The second-order valence-electron chi connectivity index (χ2n) is 3.98. The largest absolute Gasteiger partial charge is 0.408 e. The van der Waals surface area contributed by atoms with Crippen molar-refractivity contribution < 1.29 is 4.42 Å². The van der Waals surface area contributed by atoms with E-state index in [1.807, 2.05) is 43.3 Å². The maximum absolute atomic E-state index is 5.62. The molecule has 0 fully saturated rings. The lowest BCUT2D eigenvalue weighted by Crippen LogP contribution is -2.10. The summed E-state index contributed by atoms with van der Waals surface area (Å²) in [6, 6.07) is 8.28. The van der Waals surface area contributed by atoms with Gasteiger partial charge in [-0.25, -0.2) is 0 Å². The van der Waals surface area contributed by atoms with E-state index in [0.717, 1.165) is 11.4 Å². The molecule has 0 spiro atoms. The molecule has 18 heavy (non-hydrogen) atoms. The number of nitrogens with one attached hydrogen (secondary N) is 1. The van der Waals surface area contributed by atoms with Gasteiger partial charge in [-0.2, -0.15) is 0 Å². The third-order valence-corrected chi connectivity index (χ3v) is 2.59. The van der Waals surface area contributed by atoms with Crippen LogP contribution in [0.15, 0.2) is 28.7 Å². The lowest BCUT2D eigenvalue weighted by molar-refractivity contribution is 0.516. The molecule has 0 aliphatic rings. The molecule has 0 atom stereocenters. The van der Waals surface area contributed by atoms with Crippen LogP contribution in [-0.4, -0.2) is 30.2 Å². The summed E-state index contributed by atoms with van der Waals surface area (Å²) in [6.45, 7) is 0. The Morgan fingerprint density at radius 1 is 1.28 bits per heavy atom. The average Bonchev–Trinajstić information content (AvgIpc) is 2.77. The van der Waals surface area contributed by atoms with Crippen molar-refractivity contribution in [3.8, 4) is 0 Å². The summed E-state index contributed by atoms with van der Waals surface area (Å²) >= 11 is 5.62. The van der Waals surface area contributed by atoms with Crippen LogP contribution in [0.4, 0.5) is 17.4 Å². The van der Waals surface area contributed by atoms with Crippen LogP contribution in [0.5, 0.6) is 0 Å². The molecular weight excluding hydrogens is 252 g/mol. The average molecular weight is 267 g/mol. The molecule has 0 aliphatic heterocycles. The molecule has 2 rings (SSSR count). The first-order valence-electron chi connectivity index (χ1n) is 5.62. The van der Waals surface area contributed by atoms with Crippen LogP contribution in [0, 0.1) is 0 Å². The van der Waals surface area contributed by atoms with Crippen molar-refractivity contribution in [2.75, 3.05) is 30.2 Å². The zero-order valence-corrected chi connectivity index (χ0v) is 11.1. The molecule has 5 nitrogen and oxygen atoms in total. The van der Waals surface area contributed by atoms with Gasteiger partial charge in [0, 0.05) is 26.4 Å². The van der Waals surface area contributed by atoms with Crippen molar-refractivity contribution in [3.05, 3.63) is 30.2 Å². The van der Waals surface area contributed by atoms with Gasteiger partial charge in [-0.1, -0.05) is 17.2 Å². The van der Waals surface area contributed by atoms with E-state index in [2.05, 4.69) is 15.5 Å². The van der Waals surface area contributed by atoms with Gasteiger partial charge < -0.3 is 14.6 Å². The number of benzene rings is 1. The van der Waals surface area contributed by atoms with Crippen LogP contribution in [-0.2, 0) is 6.42 Å². The number of alkyl halides is 1. The van der Waals surface area contributed by atoms with Gasteiger partial charge >= 0.3 is 6.01 Å². The van der Waals surface area contributed by atoms with E-state index in [1.165, 1.54) is 0 Å². The van der Waals surface area contributed by atoms with Crippen molar-refractivity contribution >= 4 is 29.0 Å². The summed E-state index contributed by atoms with van der Waals surface area (Å²) in [5.41, 5.74) is 1.97. The summed E-state index contributed by atoms with van der Waals surface area (Å²) < 4.78 is 5.43. The minimum absolute atomic E-state index is 0.379. The second-order valence-corrected chi connectivity index (χ2v) is 4.35. The molecule has 0 radical (unpaired) electrons. The van der Waals surface area contributed by atoms with Gasteiger partial charge in [0.05, 0.1) is 11.4 Å². The molecule has 1 heterocycles. The van der Waals surface area contributed by atoms with Crippen molar-refractivity contribution in [1.29, 1.82) is 0 Å². The Morgan fingerprint density at radius 3 is 2.78 bits per heavy atom.